The summed E-state index contributed by atoms with van der Waals surface area (Å²) in [5.41, 5.74) is 1.59. The van der Waals surface area contributed by atoms with Crippen LogP contribution in [0.15, 0.2) is 54.6 Å². The second-order valence-corrected chi connectivity index (χ2v) is 8.60. The Labute approximate surface area is 138 Å². The number of allylic oxidation sites excluding steroid dienone is 2. The third-order valence-corrected chi connectivity index (χ3v) is 7.77. The zero-order valence-corrected chi connectivity index (χ0v) is 13.6. The van der Waals surface area contributed by atoms with Gasteiger partial charge in [-0.25, -0.2) is 0 Å². The van der Waals surface area contributed by atoms with Gasteiger partial charge in [0.15, 0.2) is 0 Å². The van der Waals surface area contributed by atoms with Crippen molar-refractivity contribution in [1.29, 1.82) is 0 Å². The highest BCUT2D eigenvalue weighted by Crippen LogP contribution is 2.67. The van der Waals surface area contributed by atoms with Gasteiger partial charge in [0.25, 0.3) is 0 Å². The molecule has 7 atom stereocenters. The van der Waals surface area contributed by atoms with Crippen LogP contribution in [0.2, 0.25) is 0 Å². The maximum atomic E-state index is 2.57. The maximum absolute atomic E-state index is 2.57. The van der Waals surface area contributed by atoms with Crippen LogP contribution in [0.1, 0.15) is 24.8 Å². The number of hydrogen-bond acceptors (Lipinski definition) is 0. The second-order valence-electron chi connectivity index (χ2n) is 8.60. The molecule has 6 rings (SSSR count). The summed E-state index contributed by atoms with van der Waals surface area (Å²) in [6.45, 7) is 0. The molecule has 0 heterocycles. The summed E-state index contributed by atoms with van der Waals surface area (Å²) in [4.78, 5) is 0. The SMILES string of the molecule is C1=CC2CC1C1C3CC(Cc4cccc5ccccc45)C(C3)C21. The zero-order valence-electron chi connectivity index (χ0n) is 13.6. The Kier molecular flexibility index (Phi) is 2.51. The maximum Gasteiger partial charge on any atom is -0.0152 e. The first-order valence-electron chi connectivity index (χ1n) is 9.53. The fourth-order valence-electron chi connectivity index (χ4n) is 7.14. The summed E-state index contributed by atoms with van der Waals surface area (Å²) in [6, 6.07) is 15.8. The standard InChI is InChI=1S/C23H24/c1-2-7-20-14(4-1)5-3-6-15(20)10-18-12-19-13-21(18)23-17-9-8-16(11-17)22(19)23/h1-9,16-19,21-23H,10-13H2. The van der Waals surface area contributed by atoms with Crippen LogP contribution < -0.4 is 0 Å². The van der Waals surface area contributed by atoms with E-state index in [0.29, 0.717) is 0 Å². The molecular formula is C23H24. The van der Waals surface area contributed by atoms with Crippen molar-refractivity contribution in [1.82, 2.24) is 0 Å². The van der Waals surface area contributed by atoms with Gasteiger partial charge >= 0.3 is 0 Å². The third kappa shape index (κ3) is 1.67. The van der Waals surface area contributed by atoms with Crippen LogP contribution in [0.3, 0.4) is 0 Å². The predicted octanol–water partition coefficient (Wildman–Crippen LogP) is 5.48. The molecule has 0 radical (unpaired) electrons. The minimum absolute atomic E-state index is 0.940. The zero-order chi connectivity index (χ0) is 15.0. The Morgan fingerprint density at radius 2 is 1.61 bits per heavy atom. The molecule has 0 N–H and O–H groups in total. The first-order valence-corrected chi connectivity index (χ1v) is 9.53. The summed E-state index contributed by atoms with van der Waals surface area (Å²) in [7, 11) is 0. The van der Waals surface area contributed by atoms with Crippen LogP contribution in [0.25, 0.3) is 10.8 Å². The Hall–Kier alpha value is -1.56. The molecule has 0 aromatic heterocycles. The van der Waals surface area contributed by atoms with Crippen molar-refractivity contribution in [2.75, 3.05) is 0 Å². The van der Waals surface area contributed by atoms with Gasteiger partial charge in [0.1, 0.15) is 0 Å². The second kappa shape index (κ2) is 4.50. The lowest BCUT2D eigenvalue weighted by Crippen LogP contribution is -2.31. The molecule has 0 nitrogen and oxygen atoms in total. The first kappa shape index (κ1) is 12.8. The average molecular weight is 300 g/mol. The smallest absolute Gasteiger partial charge is 0.0152 e. The van der Waals surface area contributed by atoms with Crippen LogP contribution in [-0.4, -0.2) is 0 Å². The van der Waals surface area contributed by atoms with E-state index in [0.717, 1.165) is 41.4 Å². The first-order chi connectivity index (χ1) is 11.4. The normalized spacial score (nSPS) is 42.7. The van der Waals surface area contributed by atoms with Crippen molar-refractivity contribution in [2.24, 2.45) is 41.4 Å². The van der Waals surface area contributed by atoms with E-state index in [1.54, 1.807) is 12.0 Å². The summed E-state index contributed by atoms with van der Waals surface area (Å²) >= 11 is 0. The summed E-state index contributed by atoms with van der Waals surface area (Å²) in [6.07, 6.45) is 11.0. The van der Waals surface area contributed by atoms with E-state index in [1.165, 1.54) is 30.0 Å². The predicted molar refractivity (Wildman–Crippen MR) is 95.1 cm³/mol. The Bertz CT molecular complexity index is 795. The van der Waals surface area contributed by atoms with Crippen LogP contribution in [0.4, 0.5) is 0 Å². The van der Waals surface area contributed by atoms with Crippen molar-refractivity contribution in [2.45, 2.75) is 25.7 Å². The molecule has 4 aliphatic rings. The van der Waals surface area contributed by atoms with E-state index in [9.17, 15) is 0 Å². The van der Waals surface area contributed by atoms with Gasteiger partial charge in [0, 0.05) is 0 Å². The molecule has 116 valence electrons. The molecule has 3 saturated carbocycles. The monoisotopic (exact) mass is 300 g/mol. The summed E-state index contributed by atoms with van der Waals surface area (Å²) < 4.78 is 0. The van der Waals surface area contributed by atoms with E-state index in [4.69, 9.17) is 0 Å². The lowest BCUT2D eigenvalue weighted by molar-refractivity contribution is 0.150. The van der Waals surface area contributed by atoms with Crippen LogP contribution >= 0.6 is 0 Å². The molecule has 0 saturated heterocycles. The van der Waals surface area contributed by atoms with Gasteiger partial charge in [-0.3, -0.25) is 0 Å². The number of benzene rings is 2. The molecule has 4 bridgehead atoms. The molecule has 0 heteroatoms. The van der Waals surface area contributed by atoms with Gasteiger partial charge in [-0.15, -0.1) is 0 Å². The van der Waals surface area contributed by atoms with Crippen molar-refractivity contribution in [3.63, 3.8) is 0 Å². The highest BCUT2D eigenvalue weighted by atomic mass is 14.6. The van der Waals surface area contributed by atoms with Gasteiger partial charge < -0.3 is 0 Å². The molecule has 3 fully saturated rings. The quantitative estimate of drug-likeness (QED) is 0.509. The minimum atomic E-state index is 0.940. The topological polar surface area (TPSA) is 0 Å². The van der Waals surface area contributed by atoms with E-state index in [2.05, 4.69) is 54.6 Å². The fraction of sp³-hybridized carbons (Fsp3) is 0.478. The number of hydrogen-bond donors (Lipinski definition) is 0. The van der Waals surface area contributed by atoms with Gasteiger partial charge in [-0.05, 0) is 83.4 Å². The number of rotatable bonds is 2. The van der Waals surface area contributed by atoms with E-state index >= 15 is 0 Å². The lowest BCUT2D eigenvalue weighted by atomic mass is 9.68. The summed E-state index contributed by atoms with van der Waals surface area (Å²) in [5.74, 6) is 7.02. The average Bonchev–Trinajstić information content (AvgIpc) is 3.34. The van der Waals surface area contributed by atoms with Crippen LogP contribution in [-0.2, 0) is 6.42 Å². The minimum Gasteiger partial charge on any atom is -0.0848 e. The van der Waals surface area contributed by atoms with Crippen molar-refractivity contribution < 1.29 is 0 Å². The van der Waals surface area contributed by atoms with E-state index in [-0.39, 0.29) is 0 Å². The lowest BCUT2D eigenvalue weighted by Gasteiger charge is -2.37. The molecule has 2 aromatic rings. The Balaban J connectivity index is 1.33. The summed E-state index contributed by atoms with van der Waals surface area (Å²) in [5, 5.41) is 2.90. The molecular weight excluding hydrogens is 276 g/mol. The van der Waals surface area contributed by atoms with Crippen molar-refractivity contribution in [3.05, 3.63) is 60.2 Å². The van der Waals surface area contributed by atoms with E-state index in [1.807, 2.05) is 0 Å². The Morgan fingerprint density at radius 3 is 2.57 bits per heavy atom. The van der Waals surface area contributed by atoms with Gasteiger partial charge in [-0.1, -0.05) is 54.6 Å². The number of fused-ring (bicyclic) bond motifs is 10. The molecule has 4 aliphatic carbocycles. The molecule has 2 aromatic carbocycles. The van der Waals surface area contributed by atoms with E-state index < -0.39 is 0 Å². The van der Waals surface area contributed by atoms with Gasteiger partial charge in [-0.2, -0.15) is 0 Å². The highest BCUT2D eigenvalue weighted by molar-refractivity contribution is 5.85. The van der Waals surface area contributed by atoms with Crippen LogP contribution in [0, 0.1) is 41.4 Å². The van der Waals surface area contributed by atoms with Crippen molar-refractivity contribution >= 4 is 10.8 Å². The van der Waals surface area contributed by atoms with Gasteiger partial charge in [0.05, 0.1) is 0 Å². The molecule has 23 heavy (non-hydrogen) atoms. The van der Waals surface area contributed by atoms with Crippen molar-refractivity contribution in [3.8, 4) is 0 Å². The highest BCUT2D eigenvalue weighted by Gasteiger charge is 2.60. The molecule has 0 aliphatic heterocycles. The molecule has 0 spiro atoms. The third-order valence-electron chi connectivity index (χ3n) is 7.77. The van der Waals surface area contributed by atoms with Gasteiger partial charge in [0.2, 0.25) is 0 Å². The molecule has 0 amide bonds. The van der Waals surface area contributed by atoms with Crippen LogP contribution in [0.5, 0.6) is 0 Å². The largest absolute Gasteiger partial charge is 0.0848 e. The molecule has 7 unspecified atom stereocenters. The fourth-order valence-corrected chi connectivity index (χ4v) is 7.14. The Morgan fingerprint density at radius 1 is 0.783 bits per heavy atom.